The number of benzene rings is 6. The third-order valence-corrected chi connectivity index (χ3v) is 12.1. The summed E-state index contributed by atoms with van der Waals surface area (Å²) in [6.07, 6.45) is -1.97. The molecule has 64 heavy (non-hydrogen) atoms. The number of carbonyl (C=O) groups is 3. The van der Waals surface area contributed by atoms with Gasteiger partial charge in [0.15, 0.2) is 17.3 Å². The Labute approximate surface area is 389 Å². The number of hydrogen-bond donors (Lipinski definition) is 4. The van der Waals surface area contributed by atoms with Crippen LogP contribution in [0.3, 0.4) is 0 Å². The standard InChI is InChI=1S/C18H17ClO3.C16H12Cl2O3.C16H13ClO4/c1-2-11-4-3-5-12(8-11)17(20)15-10-22-16-7-6-13(19)9-14(16)18(15)21;17-10-3-1-2-9(6-10)15(19)13-8-21-14-5-4-11(18)7-12(14)16(13)20;17-10-4-5-14-12(7-10)16(20)13(8-21-14)15(19)9-2-1-3-11(18)6-9/h3-9,15,18,21H,2,10H2,1H3;1-7,13,16,20H,8H2;1-7,13,16,18,20H,8H2. The zero-order valence-electron chi connectivity index (χ0n) is 34.2. The summed E-state index contributed by atoms with van der Waals surface area (Å²) in [4.78, 5) is 37.7. The molecule has 10 nitrogen and oxygen atoms in total. The van der Waals surface area contributed by atoms with Crippen molar-refractivity contribution in [1.82, 2.24) is 0 Å². The second-order valence-corrected chi connectivity index (χ2v) is 17.1. The van der Waals surface area contributed by atoms with E-state index in [2.05, 4.69) is 0 Å². The first-order valence-electron chi connectivity index (χ1n) is 20.3. The Morgan fingerprint density at radius 3 is 1.23 bits per heavy atom. The van der Waals surface area contributed by atoms with Crippen LogP contribution in [-0.2, 0) is 6.42 Å². The number of aliphatic hydroxyl groups excluding tert-OH is 3. The van der Waals surface area contributed by atoms with Crippen molar-refractivity contribution in [3.63, 3.8) is 0 Å². The van der Waals surface area contributed by atoms with Crippen LogP contribution in [0.15, 0.2) is 127 Å². The lowest BCUT2D eigenvalue weighted by Gasteiger charge is -2.29. The molecule has 9 rings (SSSR count). The van der Waals surface area contributed by atoms with Crippen LogP contribution in [0, 0.1) is 17.8 Å². The van der Waals surface area contributed by atoms with E-state index in [4.69, 9.17) is 60.6 Å². The number of aliphatic hydroxyl groups is 3. The van der Waals surface area contributed by atoms with Crippen molar-refractivity contribution in [3.8, 4) is 23.0 Å². The fourth-order valence-electron chi connectivity index (χ4n) is 7.65. The molecule has 0 spiro atoms. The molecule has 0 radical (unpaired) electrons. The summed E-state index contributed by atoms with van der Waals surface area (Å²) < 4.78 is 16.7. The van der Waals surface area contributed by atoms with Crippen LogP contribution in [0.25, 0.3) is 0 Å². The molecule has 6 unspecified atom stereocenters. The third-order valence-electron chi connectivity index (χ3n) is 11.1. The van der Waals surface area contributed by atoms with Gasteiger partial charge in [-0.3, -0.25) is 14.4 Å². The molecule has 6 aromatic carbocycles. The van der Waals surface area contributed by atoms with E-state index in [0.29, 0.717) is 70.7 Å². The van der Waals surface area contributed by atoms with Gasteiger partial charge in [-0.1, -0.05) is 95.8 Å². The van der Waals surface area contributed by atoms with Gasteiger partial charge in [0.1, 0.15) is 42.8 Å². The molecule has 4 N–H and O–H groups in total. The van der Waals surface area contributed by atoms with Crippen LogP contribution < -0.4 is 14.2 Å². The summed E-state index contributed by atoms with van der Waals surface area (Å²) in [5, 5.41) is 42.8. The van der Waals surface area contributed by atoms with Crippen LogP contribution in [0.5, 0.6) is 23.0 Å². The molecule has 0 amide bonds. The lowest BCUT2D eigenvalue weighted by Crippen LogP contribution is -2.32. The number of aromatic hydroxyl groups is 1. The monoisotopic (exact) mass is 942 g/mol. The zero-order valence-corrected chi connectivity index (χ0v) is 37.2. The van der Waals surface area contributed by atoms with Crippen molar-refractivity contribution < 1.29 is 49.0 Å². The van der Waals surface area contributed by atoms with Crippen LogP contribution in [-0.4, -0.2) is 57.6 Å². The number of hydrogen-bond acceptors (Lipinski definition) is 10. The Balaban J connectivity index is 0.000000144. The highest BCUT2D eigenvalue weighted by Gasteiger charge is 2.38. The minimum absolute atomic E-state index is 0.00973. The molecule has 3 aliphatic heterocycles. The number of Topliss-reactive ketones (excluding diaryl/α,β-unsaturated/α-hetero) is 3. The van der Waals surface area contributed by atoms with E-state index in [0.717, 1.165) is 12.0 Å². The van der Waals surface area contributed by atoms with Crippen LogP contribution in [0.1, 0.15) is 78.6 Å². The molecule has 0 aromatic heterocycles. The van der Waals surface area contributed by atoms with E-state index in [1.807, 2.05) is 25.1 Å². The summed E-state index contributed by atoms with van der Waals surface area (Å²) in [5.74, 6) is -0.897. The van der Waals surface area contributed by atoms with Gasteiger partial charge in [-0.05, 0) is 96.9 Å². The predicted molar refractivity (Wildman–Crippen MR) is 245 cm³/mol. The number of ketones is 3. The molecule has 0 bridgehead atoms. The normalized spacial score (nSPS) is 20.4. The Hall–Kier alpha value is -5.43. The van der Waals surface area contributed by atoms with Gasteiger partial charge in [0.05, 0.1) is 36.1 Å². The molecule has 0 fully saturated rings. The fraction of sp³-hybridized carbons (Fsp3) is 0.220. The third kappa shape index (κ3) is 10.6. The first-order chi connectivity index (χ1) is 30.7. The zero-order chi connectivity index (χ0) is 45.7. The minimum Gasteiger partial charge on any atom is -0.508 e. The summed E-state index contributed by atoms with van der Waals surface area (Å²) >= 11 is 23.7. The van der Waals surface area contributed by atoms with Gasteiger partial charge in [0, 0.05) is 53.5 Å². The second kappa shape index (κ2) is 20.6. The Morgan fingerprint density at radius 2 is 0.844 bits per heavy atom. The minimum atomic E-state index is -0.984. The summed E-state index contributed by atoms with van der Waals surface area (Å²) in [5.41, 5.74) is 4.12. The van der Waals surface area contributed by atoms with Gasteiger partial charge in [-0.2, -0.15) is 0 Å². The number of phenols is 1. The van der Waals surface area contributed by atoms with E-state index >= 15 is 0 Å². The molecule has 0 saturated carbocycles. The number of aryl methyl sites for hydroxylation is 1. The van der Waals surface area contributed by atoms with Gasteiger partial charge in [-0.15, -0.1) is 0 Å². The summed E-state index contributed by atoms with van der Waals surface area (Å²) in [6, 6.07) is 35.3. The van der Waals surface area contributed by atoms with Crippen molar-refractivity contribution in [1.29, 1.82) is 0 Å². The van der Waals surface area contributed by atoms with Gasteiger partial charge in [-0.25, -0.2) is 0 Å². The smallest absolute Gasteiger partial charge is 0.172 e. The Kier molecular flexibility index (Phi) is 15.0. The maximum atomic E-state index is 12.7. The van der Waals surface area contributed by atoms with Gasteiger partial charge >= 0.3 is 0 Å². The second-order valence-electron chi connectivity index (χ2n) is 15.3. The van der Waals surface area contributed by atoms with Crippen molar-refractivity contribution >= 4 is 63.8 Å². The lowest BCUT2D eigenvalue weighted by atomic mass is 9.86. The van der Waals surface area contributed by atoms with E-state index in [1.165, 1.54) is 12.1 Å². The maximum Gasteiger partial charge on any atom is 0.172 e. The number of carbonyl (C=O) groups excluding carboxylic acids is 3. The van der Waals surface area contributed by atoms with E-state index in [9.17, 15) is 34.8 Å². The maximum absolute atomic E-state index is 12.7. The molecule has 6 aromatic rings. The first-order valence-corrected chi connectivity index (χ1v) is 21.8. The molecule has 3 aliphatic rings. The first kappa shape index (κ1) is 46.6. The number of phenolic OH excluding ortho intramolecular Hbond substituents is 1. The van der Waals surface area contributed by atoms with Gasteiger partial charge < -0.3 is 34.6 Å². The molecular formula is C50H42Cl4O10. The molecular weight excluding hydrogens is 902 g/mol. The largest absolute Gasteiger partial charge is 0.508 e. The predicted octanol–water partition coefficient (Wildman–Crippen LogP) is 10.7. The fourth-order valence-corrected chi connectivity index (χ4v) is 8.38. The average molecular weight is 945 g/mol. The molecule has 330 valence electrons. The Morgan fingerprint density at radius 1 is 0.484 bits per heavy atom. The molecule has 3 heterocycles. The van der Waals surface area contributed by atoms with E-state index < -0.39 is 36.1 Å². The van der Waals surface area contributed by atoms with E-state index in [-0.39, 0.29) is 42.9 Å². The quantitative estimate of drug-likeness (QED) is 0.113. The topological polar surface area (TPSA) is 160 Å². The van der Waals surface area contributed by atoms with Crippen LogP contribution in [0.4, 0.5) is 0 Å². The van der Waals surface area contributed by atoms with Crippen molar-refractivity contribution in [2.45, 2.75) is 31.7 Å². The molecule has 6 atom stereocenters. The molecule has 14 heteroatoms. The highest BCUT2D eigenvalue weighted by Crippen LogP contribution is 2.41. The molecule has 0 saturated heterocycles. The highest BCUT2D eigenvalue weighted by molar-refractivity contribution is 6.31. The SMILES string of the molecule is CCc1cccc(C(=O)C2COc3ccc(Cl)cc3C2O)c1.O=C(c1cccc(Cl)c1)C1COc2ccc(Cl)cc2C1O.O=C(c1cccc(O)c1)C1COc2ccc(Cl)cc2C1O. The number of fused-ring (bicyclic) bond motifs is 3. The number of halogens is 4. The Bertz CT molecular complexity index is 2570. The lowest BCUT2D eigenvalue weighted by molar-refractivity contribution is 0.0408. The van der Waals surface area contributed by atoms with Crippen molar-refractivity contribution in [2.24, 2.45) is 17.8 Å². The highest BCUT2D eigenvalue weighted by atomic mass is 35.5. The van der Waals surface area contributed by atoms with Gasteiger partial charge in [0.2, 0.25) is 0 Å². The number of ether oxygens (including phenoxy) is 3. The number of rotatable bonds is 7. The van der Waals surface area contributed by atoms with Gasteiger partial charge in [0.25, 0.3) is 0 Å². The van der Waals surface area contributed by atoms with Crippen molar-refractivity contribution in [2.75, 3.05) is 19.8 Å². The average Bonchev–Trinajstić information content (AvgIpc) is 3.30. The molecule has 0 aliphatic carbocycles. The van der Waals surface area contributed by atoms with Crippen LogP contribution in [0.2, 0.25) is 20.1 Å². The van der Waals surface area contributed by atoms with Crippen molar-refractivity contribution in [3.05, 3.63) is 186 Å². The summed E-state index contributed by atoms with van der Waals surface area (Å²) in [7, 11) is 0. The van der Waals surface area contributed by atoms with E-state index in [1.54, 1.807) is 97.1 Å². The van der Waals surface area contributed by atoms with Crippen LogP contribution >= 0.6 is 46.4 Å². The summed E-state index contributed by atoms with van der Waals surface area (Å²) in [6.45, 7) is 2.43.